The van der Waals surface area contributed by atoms with Crippen LogP contribution in [0, 0.1) is 0 Å². The van der Waals surface area contributed by atoms with Gasteiger partial charge in [-0.2, -0.15) is 0 Å². The molecule has 1 N–H and O–H groups in total. The van der Waals surface area contributed by atoms with Crippen molar-refractivity contribution in [1.82, 2.24) is 0 Å². The summed E-state index contributed by atoms with van der Waals surface area (Å²) in [4.78, 5) is 25.6. The summed E-state index contributed by atoms with van der Waals surface area (Å²) in [5.41, 5.74) is 1.70. The van der Waals surface area contributed by atoms with E-state index in [1.165, 1.54) is 11.8 Å². The van der Waals surface area contributed by atoms with E-state index in [1.807, 2.05) is 12.1 Å². The maximum atomic E-state index is 12.4. The van der Waals surface area contributed by atoms with Crippen LogP contribution in [0.15, 0.2) is 71.6 Å². The third-order valence-electron chi connectivity index (χ3n) is 4.06. The molecule has 4 nitrogen and oxygen atoms in total. The highest BCUT2D eigenvalue weighted by Gasteiger charge is 2.10. The SMILES string of the molecule is COc1cccc(C(=O)Nc2ccc(SCC(=O)c3ccc(Cl)c(Cl)c3)cc2)c1. The van der Waals surface area contributed by atoms with Crippen molar-refractivity contribution in [2.24, 2.45) is 0 Å². The van der Waals surface area contributed by atoms with Gasteiger partial charge in [0.1, 0.15) is 5.75 Å². The molecule has 0 saturated carbocycles. The molecule has 3 rings (SSSR count). The number of ketones is 1. The van der Waals surface area contributed by atoms with E-state index in [-0.39, 0.29) is 17.4 Å². The first-order valence-electron chi connectivity index (χ1n) is 8.63. The molecule has 0 bridgehead atoms. The number of carbonyl (C=O) groups excluding carboxylic acids is 2. The van der Waals surface area contributed by atoms with Crippen LogP contribution in [-0.4, -0.2) is 24.6 Å². The first-order chi connectivity index (χ1) is 14.0. The van der Waals surface area contributed by atoms with E-state index in [1.54, 1.807) is 61.7 Å². The minimum atomic E-state index is -0.223. The van der Waals surface area contributed by atoms with Crippen LogP contribution in [0.25, 0.3) is 0 Å². The van der Waals surface area contributed by atoms with E-state index in [4.69, 9.17) is 27.9 Å². The molecule has 7 heteroatoms. The van der Waals surface area contributed by atoms with Crippen molar-refractivity contribution in [1.29, 1.82) is 0 Å². The molecular weight excluding hydrogens is 429 g/mol. The fraction of sp³-hybridized carbons (Fsp3) is 0.0909. The Hall–Kier alpha value is -2.47. The van der Waals surface area contributed by atoms with Gasteiger partial charge >= 0.3 is 0 Å². The topological polar surface area (TPSA) is 55.4 Å². The molecule has 0 unspecified atom stereocenters. The summed E-state index contributed by atoms with van der Waals surface area (Å²) in [7, 11) is 1.56. The third-order valence-corrected chi connectivity index (χ3v) is 5.81. The van der Waals surface area contributed by atoms with E-state index in [0.29, 0.717) is 32.6 Å². The average molecular weight is 446 g/mol. The third kappa shape index (κ3) is 5.76. The lowest BCUT2D eigenvalue weighted by atomic mass is 10.1. The Balaban J connectivity index is 1.57. The van der Waals surface area contributed by atoms with Crippen molar-refractivity contribution < 1.29 is 14.3 Å². The molecule has 0 aliphatic carbocycles. The van der Waals surface area contributed by atoms with Crippen LogP contribution in [0.1, 0.15) is 20.7 Å². The summed E-state index contributed by atoms with van der Waals surface area (Å²) in [6.07, 6.45) is 0. The van der Waals surface area contributed by atoms with Gasteiger partial charge in [-0.25, -0.2) is 0 Å². The Labute approximate surface area is 183 Å². The molecule has 148 valence electrons. The molecule has 0 saturated heterocycles. The maximum absolute atomic E-state index is 12.4. The number of rotatable bonds is 7. The van der Waals surface area contributed by atoms with Gasteiger partial charge in [-0.05, 0) is 60.7 Å². The lowest BCUT2D eigenvalue weighted by Gasteiger charge is -2.08. The number of halogens is 2. The fourth-order valence-electron chi connectivity index (χ4n) is 2.50. The number of anilines is 1. The molecular formula is C22H17Cl2NO3S. The molecule has 0 atom stereocenters. The number of amides is 1. The van der Waals surface area contributed by atoms with Crippen LogP contribution in [0.5, 0.6) is 5.75 Å². The van der Waals surface area contributed by atoms with Crippen molar-refractivity contribution in [3.63, 3.8) is 0 Å². The summed E-state index contributed by atoms with van der Waals surface area (Å²) < 4.78 is 5.14. The van der Waals surface area contributed by atoms with Crippen LogP contribution in [-0.2, 0) is 0 Å². The van der Waals surface area contributed by atoms with Gasteiger partial charge < -0.3 is 10.1 Å². The van der Waals surface area contributed by atoms with Crippen LogP contribution >= 0.6 is 35.0 Å². The number of carbonyl (C=O) groups is 2. The average Bonchev–Trinajstić information content (AvgIpc) is 2.75. The molecule has 3 aromatic rings. The second-order valence-electron chi connectivity index (χ2n) is 6.05. The molecule has 0 aromatic heterocycles. The largest absolute Gasteiger partial charge is 0.497 e. The van der Waals surface area contributed by atoms with E-state index >= 15 is 0 Å². The molecule has 29 heavy (non-hydrogen) atoms. The first-order valence-corrected chi connectivity index (χ1v) is 10.4. The molecule has 0 spiro atoms. The highest BCUT2D eigenvalue weighted by Crippen LogP contribution is 2.25. The monoisotopic (exact) mass is 445 g/mol. The van der Waals surface area contributed by atoms with Gasteiger partial charge in [0, 0.05) is 21.7 Å². The predicted octanol–water partition coefficient (Wildman–Crippen LogP) is 6.23. The van der Waals surface area contributed by atoms with Crippen LogP contribution < -0.4 is 10.1 Å². The van der Waals surface area contributed by atoms with Crippen LogP contribution in [0.3, 0.4) is 0 Å². The van der Waals surface area contributed by atoms with Gasteiger partial charge in [0.05, 0.1) is 22.9 Å². The maximum Gasteiger partial charge on any atom is 0.255 e. The highest BCUT2D eigenvalue weighted by molar-refractivity contribution is 8.00. The van der Waals surface area contributed by atoms with E-state index < -0.39 is 0 Å². The van der Waals surface area contributed by atoms with E-state index in [2.05, 4.69) is 5.32 Å². The van der Waals surface area contributed by atoms with Gasteiger partial charge in [0.2, 0.25) is 0 Å². The van der Waals surface area contributed by atoms with Gasteiger partial charge in [0.15, 0.2) is 5.78 Å². The molecule has 0 aliphatic heterocycles. The second kappa shape index (κ2) is 9.83. The second-order valence-corrected chi connectivity index (χ2v) is 7.91. The molecule has 0 heterocycles. The van der Waals surface area contributed by atoms with Crippen molar-refractivity contribution in [2.45, 2.75) is 4.90 Å². The Bertz CT molecular complexity index is 1040. The lowest BCUT2D eigenvalue weighted by Crippen LogP contribution is -2.11. The normalized spacial score (nSPS) is 10.4. The molecule has 0 radical (unpaired) electrons. The van der Waals surface area contributed by atoms with Gasteiger partial charge in [-0.3, -0.25) is 9.59 Å². The van der Waals surface area contributed by atoms with Gasteiger partial charge in [0.25, 0.3) is 5.91 Å². The number of nitrogens with one attached hydrogen (secondary N) is 1. The Morgan fingerprint density at radius 1 is 0.931 bits per heavy atom. The summed E-state index contributed by atoms with van der Waals surface area (Å²) in [5, 5.41) is 3.62. The van der Waals surface area contributed by atoms with Gasteiger partial charge in [-0.1, -0.05) is 29.3 Å². The van der Waals surface area contributed by atoms with Crippen molar-refractivity contribution in [2.75, 3.05) is 18.2 Å². The number of methoxy groups -OCH3 is 1. The number of benzene rings is 3. The summed E-state index contributed by atoms with van der Waals surface area (Å²) >= 11 is 13.2. The number of hydrogen-bond acceptors (Lipinski definition) is 4. The Morgan fingerprint density at radius 2 is 1.69 bits per heavy atom. The van der Waals surface area contributed by atoms with E-state index in [0.717, 1.165) is 4.90 Å². The van der Waals surface area contributed by atoms with Crippen molar-refractivity contribution >= 4 is 52.3 Å². The number of Topliss-reactive ketones (excluding diaryl/α,β-unsaturated/α-hetero) is 1. The predicted molar refractivity (Wildman–Crippen MR) is 119 cm³/mol. The van der Waals surface area contributed by atoms with Gasteiger partial charge in [-0.15, -0.1) is 11.8 Å². The van der Waals surface area contributed by atoms with Crippen LogP contribution in [0.4, 0.5) is 5.69 Å². The number of ether oxygens (including phenoxy) is 1. The minimum Gasteiger partial charge on any atom is -0.497 e. The summed E-state index contributed by atoms with van der Waals surface area (Å²) in [6, 6.07) is 19.1. The summed E-state index contributed by atoms with van der Waals surface area (Å²) in [5.74, 6) is 0.632. The molecule has 0 aliphatic rings. The lowest BCUT2D eigenvalue weighted by molar-refractivity contribution is 0.101. The number of thioether (sulfide) groups is 1. The quantitative estimate of drug-likeness (QED) is 0.345. The number of hydrogen-bond donors (Lipinski definition) is 1. The zero-order valence-electron chi connectivity index (χ0n) is 15.4. The smallest absolute Gasteiger partial charge is 0.255 e. The van der Waals surface area contributed by atoms with Crippen molar-refractivity contribution in [3.05, 3.63) is 87.9 Å². The summed E-state index contributed by atoms with van der Waals surface area (Å²) in [6.45, 7) is 0. The van der Waals surface area contributed by atoms with Crippen LogP contribution in [0.2, 0.25) is 10.0 Å². The van der Waals surface area contributed by atoms with Crippen molar-refractivity contribution in [3.8, 4) is 5.75 Å². The first kappa shape index (κ1) is 21.2. The zero-order chi connectivity index (χ0) is 20.8. The Morgan fingerprint density at radius 3 is 2.38 bits per heavy atom. The highest BCUT2D eigenvalue weighted by atomic mass is 35.5. The zero-order valence-corrected chi connectivity index (χ0v) is 17.8. The fourth-order valence-corrected chi connectivity index (χ4v) is 3.59. The Kier molecular flexibility index (Phi) is 7.20. The standard InChI is InChI=1S/C22H17Cl2NO3S/c1-28-17-4-2-3-15(11-17)22(27)25-16-6-8-18(9-7-16)29-13-21(26)14-5-10-19(23)20(24)12-14/h2-12H,13H2,1H3,(H,25,27). The minimum absolute atomic E-state index is 0.0380. The molecule has 0 fully saturated rings. The van der Waals surface area contributed by atoms with E-state index in [9.17, 15) is 9.59 Å². The molecule has 1 amide bonds. The molecule has 3 aromatic carbocycles.